The van der Waals surface area contributed by atoms with Crippen LogP contribution >= 0.6 is 11.6 Å². The highest BCUT2D eigenvalue weighted by Gasteiger charge is 2.10. The van der Waals surface area contributed by atoms with Gasteiger partial charge in [0.2, 0.25) is 0 Å². The number of hydrogen-bond acceptors (Lipinski definition) is 3. The first-order chi connectivity index (χ1) is 11.5. The first kappa shape index (κ1) is 17.6. The van der Waals surface area contributed by atoms with Crippen LogP contribution in [0.4, 0.5) is 10.5 Å². The van der Waals surface area contributed by atoms with Crippen molar-refractivity contribution in [2.75, 3.05) is 5.32 Å². The van der Waals surface area contributed by atoms with Gasteiger partial charge in [-0.2, -0.15) is 5.26 Å². The van der Waals surface area contributed by atoms with Crippen molar-refractivity contribution < 1.29 is 9.53 Å². The Kier molecular flexibility index (Phi) is 6.05. The number of rotatable bonds is 5. The van der Waals surface area contributed by atoms with Crippen molar-refractivity contribution in [1.29, 1.82) is 5.26 Å². The Morgan fingerprint density at radius 2 is 1.96 bits per heavy atom. The summed E-state index contributed by atoms with van der Waals surface area (Å²) in [6.45, 7) is 4.15. The number of halogens is 1. The second-order valence-corrected chi connectivity index (χ2v) is 5.86. The van der Waals surface area contributed by atoms with Gasteiger partial charge in [-0.25, -0.2) is 4.79 Å². The fraction of sp³-hybridized carbons (Fsp3) is 0.222. The van der Waals surface area contributed by atoms with E-state index >= 15 is 0 Å². The largest absolute Gasteiger partial charge is 0.489 e. The minimum absolute atomic E-state index is 0.0457. The van der Waals surface area contributed by atoms with Crippen molar-refractivity contribution in [2.24, 2.45) is 0 Å². The number of carbonyl (C=O) groups is 1. The van der Waals surface area contributed by atoms with E-state index in [1.807, 2.05) is 32.0 Å². The van der Waals surface area contributed by atoms with Gasteiger partial charge < -0.3 is 15.4 Å². The number of amides is 2. The lowest BCUT2D eigenvalue weighted by Crippen LogP contribution is -2.28. The van der Waals surface area contributed by atoms with E-state index in [-0.39, 0.29) is 12.1 Å². The van der Waals surface area contributed by atoms with Crippen LogP contribution in [-0.4, -0.2) is 12.1 Å². The summed E-state index contributed by atoms with van der Waals surface area (Å²) >= 11 is 5.83. The average molecular weight is 344 g/mol. The molecule has 0 atom stereocenters. The summed E-state index contributed by atoms with van der Waals surface area (Å²) in [6, 6.07) is 13.8. The molecule has 124 valence electrons. The lowest BCUT2D eigenvalue weighted by molar-refractivity contribution is 0.241. The summed E-state index contributed by atoms with van der Waals surface area (Å²) in [7, 11) is 0. The van der Waals surface area contributed by atoms with Crippen molar-refractivity contribution >= 4 is 23.3 Å². The van der Waals surface area contributed by atoms with Crippen LogP contribution < -0.4 is 15.4 Å². The van der Waals surface area contributed by atoms with E-state index < -0.39 is 0 Å². The third kappa shape index (κ3) is 5.18. The van der Waals surface area contributed by atoms with E-state index in [0.717, 1.165) is 5.56 Å². The molecule has 6 heteroatoms. The highest BCUT2D eigenvalue weighted by atomic mass is 35.5. The molecule has 0 unspecified atom stereocenters. The van der Waals surface area contributed by atoms with Gasteiger partial charge >= 0.3 is 6.03 Å². The molecular weight excluding hydrogens is 326 g/mol. The van der Waals surface area contributed by atoms with Gasteiger partial charge in [-0.3, -0.25) is 0 Å². The topological polar surface area (TPSA) is 74.1 Å². The van der Waals surface area contributed by atoms with Gasteiger partial charge in [0, 0.05) is 11.6 Å². The first-order valence-electron chi connectivity index (χ1n) is 7.48. The van der Waals surface area contributed by atoms with Crippen LogP contribution in [0.2, 0.25) is 5.02 Å². The highest BCUT2D eigenvalue weighted by Crippen LogP contribution is 2.26. The Labute approximate surface area is 146 Å². The Morgan fingerprint density at radius 3 is 2.58 bits per heavy atom. The molecule has 0 bridgehead atoms. The number of carbonyl (C=O) groups excluding carboxylic acids is 1. The fourth-order valence-electron chi connectivity index (χ4n) is 2.01. The van der Waals surface area contributed by atoms with Crippen molar-refractivity contribution in [2.45, 2.75) is 26.5 Å². The van der Waals surface area contributed by atoms with E-state index in [4.69, 9.17) is 21.6 Å². The molecule has 2 rings (SSSR count). The van der Waals surface area contributed by atoms with Crippen molar-refractivity contribution in [3.8, 4) is 11.8 Å². The van der Waals surface area contributed by atoms with Crippen LogP contribution in [0, 0.1) is 11.3 Å². The van der Waals surface area contributed by atoms with E-state index in [2.05, 4.69) is 10.6 Å². The zero-order valence-corrected chi connectivity index (χ0v) is 14.2. The number of hydrogen-bond donors (Lipinski definition) is 2. The van der Waals surface area contributed by atoms with Gasteiger partial charge in [-0.15, -0.1) is 0 Å². The molecule has 0 aliphatic rings. The molecule has 0 heterocycles. The molecular formula is C18H18ClN3O2. The monoisotopic (exact) mass is 343 g/mol. The summed E-state index contributed by atoms with van der Waals surface area (Å²) in [5.41, 5.74) is 1.83. The lowest BCUT2D eigenvalue weighted by Gasteiger charge is -2.15. The normalized spacial score (nSPS) is 10.1. The van der Waals surface area contributed by atoms with Gasteiger partial charge in [-0.1, -0.05) is 23.7 Å². The maximum atomic E-state index is 12.1. The molecule has 0 fully saturated rings. The maximum Gasteiger partial charge on any atom is 0.319 e. The predicted molar refractivity (Wildman–Crippen MR) is 94.2 cm³/mol. The van der Waals surface area contributed by atoms with Crippen LogP contribution in [0.3, 0.4) is 0 Å². The van der Waals surface area contributed by atoms with E-state index in [1.54, 1.807) is 30.3 Å². The second kappa shape index (κ2) is 8.23. The lowest BCUT2D eigenvalue weighted by atomic mass is 10.2. The van der Waals surface area contributed by atoms with Gasteiger partial charge in [0.1, 0.15) is 5.75 Å². The molecule has 2 amide bonds. The Balaban J connectivity index is 2.04. The predicted octanol–water partition coefficient (Wildman–Crippen LogP) is 4.32. The number of nitrogens with one attached hydrogen (secondary N) is 2. The van der Waals surface area contributed by atoms with Crippen LogP contribution in [0.1, 0.15) is 25.0 Å². The fourth-order valence-corrected chi connectivity index (χ4v) is 2.13. The van der Waals surface area contributed by atoms with E-state index in [0.29, 0.717) is 28.6 Å². The third-order valence-electron chi connectivity index (χ3n) is 3.09. The Bertz CT molecular complexity index is 752. The zero-order chi connectivity index (χ0) is 17.5. The summed E-state index contributed by atoms with van der Waals surface area (Å²) in [6.07, 6.45) is -0.0457. The van der Waals surface area contributed by atoms with Gasteiger partial charge in [0.15, 0.2) is 0 Å². The number of nitriles is 1. The van der Waals surface area contributed by atoms with Gasteiger partial charge in [-0.05, 0) is 49.7 Å². The molecule has 24 heavy (non-hydrogen) atoms. The van der Waals surface area contributed by atoms with Gasteiger partial charge in [0.25, 0.3) is 0 Å². The van der Waals surface area contributed by atoms with Crippen molar-refractivity contribution in [3.05, 3.63) is 58.6 Å². The molecule has 0 radical (unpaired) electrons. The molecule has 5 nitrogen and oxygen atoms in total. The number of anilines is 1. The molecule has 0 saturated heterocycles. The van der Waals surface area contributed by atoms with Crippen LogP contribution in [0.5, 0.6) is 5.75 Å². The molecule has 2 N–H and O–H groups in total. The van der Waals surface area contributed by atoms with E-state index in [9.17, 15) is 4.79 Å². The third-order valence-corrected chi connectivity index (χ3v) is 3.34. The summed E-state index contributed by atoms with van der Waals surface area (Å²) in [5, 5.41) is 15.1. The van der Waals surface area contributed by atoms with Crippen molar-refractivity contribution in [1.82, 2.24) is 5.32 Å². The first-order valence-corrected chi connectivity index (χ1v) is 7.86. The quantitative estimate of drug-likeness (QED) is 0.849. The Morgan fingerprint density at radius 1 is 1.25 bits per heavy atom. The Hall–Kier alpha value is -2.71. The standard InChI is InChI=1S/C18H18ClN3O2/c1-12(2)24-17-8-5-14(10-20)9-16(17)22-18(23)21-11-13-3-6-15(19)7-4-13/h3-9,12H,11H2,1-2H3,(H2,21,22,23). The maximum absolute atomic E-state index is 12.1. The van der Waals surface area contributed by atoms with Crippen LogP contribution in [0.25, 0.3) is 0 Å². The molecule has 2 aromatic rings. The smallest absolute Gasteiger partial charge is 0.319 e. The number of ether oxygens (including phenoxy) is 1. The molecule has 2 aromatic carbocycles. The number of benzene rings is 2. The SMILES string of the molecule is CC(C)Oc1ccc(C#N)cc1NC(=O)NCc1ccc(Cl)cc1. The minimum Gasteiger partial charge on any atom is -0.489 e. The zero-order valence-electron chi connectivity index (χ0n) is 13.5. The molecule has 0 aromatic heterocycles. The summed E-state index contributed by atoms with van der Waals surface area (Å²) < 4.78 is 5.66. The molecule has 0 saturated carbocycles. The average Bonchev–Trinajstić information content (AvgIpc) is 2.55. The van der Waals surface area contributed by atoms with Crippen molar-refractivity contribution in [3.63, 3.8) is 0 Å². The molecule has 0 aliphatic heterocycles. The summed E-state index contributed by atoms with van der Waals surface area (Å²) in [4.78, 5) is 12.1. The minimum atomic E-state index is -0.381. The van der Waals surface area contributed by atoms with Crippen LogP contribution in [0.15, 0.2) is 42.5 Å². The molecule has 0 spiro atoms. The second-order valence-electron chi connectivity index (χ2n) is 5.42. The summed E-state index contributed by atoms with van der Waals surface area (Å²) in [5.74, 6) is 0.519. The van der Waals surface area contributed by atoms with Gasteiger partial charge in [0.05, 0.1) is 23.4 Å². The van der Waals surface area contributed by atoms with E-state index in [1.165, 1.54) is 0 Å². The highest BCUT2D eigenvalue weighted by molar-refractivity contribution is 6.30. The molecule has 0 aliphatic carbocycles. The number of nitrogens with zero attached hydrogens (tertiary/aromatic N) is 1. The number of urea groups is 1. The van der Waals surface area contributed by atoms with Crippen LogP contribution in [-0.2, 0) is 6.54 Å².